The summed E-state index contributed by atoms with van der Waals surface area (Å²) >= 11 is 0. The Labute approximate surface area is 89.3 Å². The second-order valence-corrected chi connectivity index (χ2v) is 4.22. The van der Waals surface area contributed by atoms with Gasteiger partial charge in [0, 0.05) is 23.3 Å². The molecular weight excluding hydrogens is 190 g/mol. The van der Waals surface area contributed by atoms with Gasteiger partial charge in [-0.15, -0.1) is 0 Å². The van der Waals surface area contributed by atoms with Gasteiger partial charge in [0.05, 0.1) is 0 Å². The fourth-order valence-corrected chi connectivity index (χ4v) is 2.46. The van der Waals surface area contributed by atoms with Crippen LogP contribution in [0.3, 0.4) is 0 Å². The summed E-state index contributed by atoms with van der Waals surface area (Å²) in [4.78, 5) is 11.2. The van der Waals surface area contributed by atoms with Gasteiger partial charge in [0.1, 0.15) is 0 Å². The largest absolute Gasteiger partial charge is 0.264 e. The van der Waals surface area contributed by atoms with E-state index < -0.39 is 5.54 Å². The highest BCUT2D eigenvalue weighted by Crippen LogP contribution is 2.39. The quantitative estimate of drug-likeness (QED) is 0.550. The van der Waals surface area contributed by atoms with Crippen molar-refractivity contribution in [1.29, 1.82) is 0 Å². The molecule has 3 nitrogen and oxygen atoms in total. The first-order valence-electron chi connectivity index (χ1n) is 5.46. The van der Waals surface area contributed by atoms with Gasteiger partial charge >= 0.3 is 0 Å². The van der Waals surface area contributed by atoms with Gasteiger partial charge in [0.15, 0.2) is 0 Å². The Kier molecular flexibility index (Phi) is 2.71. The first-order valence-corrected chi connectivity index (χ1v) is 5.46. The smallest absolute Gasteiger partial charge is 0.247 e. The normalized spacial score (nSPS) is 19.7. The number of hydrogen-bond donors (Lipinski definition) is 0. The molecule has 0 aliphatic heterocycles. The summed E-state index contributed by atoms with van der Waals surface area (Å²) in [6.07, 6.45) is 4.43. The SMILES string of the molecule is O=[N+]([O-])C1(c2ccccc2)CCCCC1. The van der Waals surface area contributed by atoms with Crippen LogP contribution in [0.25, 0.3) is 0 Å². The highest BCUT2D eigenvalue weighted by atomic mass is 16.6. The van der Waals surface area contributed by atoms with Crippen molar-refractivity contribution in [3.05, 3.63) is 46.0 Å². The summed E-state index contributed by atoms with van der Waals surface area (Å²) < 4.78 is 0. The molecule has 2 rings (SSSR count). The number of hydrogen-bond acceptors (Lipinski definition) is 2. The minimum Gasteiger partial charge on any atom is -0.264 e. The molecule has 1 aliphatic rings. The van der Waals surface area contributed by atoms with Crippen molar-refractivity contribution in [3.63, 3.8) is 0 Å². The predicted octanol–water partition coefficient (Wildman–Crippen LogP) is 3.12. The van der Waals surface area contributed by atoms with Gasteiger partial charge in [0.2, 0.25) is 5.54 Å². The van der Waals surface area contributed by atoms with E-state index in [9.17, 15) is 10.1 Å². The summed E-state index contributed by atoms with van der Waals surface area (Å²) in [5, 5.41) is 11.3. The van der Waals surface area contributed by atoms with Crippen LogP contribution in [0, 0.1) is 10.1 Å². The van der Waals surface area contributed by atoms with E-state index in [1.54, 1.807) is 0 Å². The Hall–Kier alpha value is -1.38. The van der Waals surface area contributed by atoms with Crippen LogP contribution in [0.5, 0.6) is 0 Å². The molecule has 1 aromatic rings. The lowest BCUT2D eigenvalue weighted by atomic mass is 9.77. The molecule has 0 heterocycles. The third kappa shape index (κ3) is 1.74. The van der Waals surface area contributed by atoms with Crippen molar-refractivity contribution in [2.75, 3.05) is 0 Å². The molecule has 1 saturated carbocycles. The molecule has 0 atom stereocenters. The minimum absolute atomic E-state index is 0.0819. The van der Waals surface area contributed by atoms with Crippen LogP contribution in [0.15, 0.2) is 30.3 Å². The number of nitrogens with zero attached hydrogens (tertiary/aromatic N) is 1. The van der Waals surface area contributed by atoms with Crippen molar-refractivity contribution < 1.29 is 4.92 Å². The molecule has 0 radical (unpaired) electrons. The molecular formula is C12H15NO2. The van der Waals surface area contributed by atoms with Crippen molar-refractivity contribution >= 4 is 0 Å². The fourth-order valence-electron chi connectivity index (χ4n) is 2.46. The van der Waals surface area contributed by atoms with E-state index in [-0.39, 0.29) is 4.92 Å². The number of rotatable bonds is 2. The Morgan fingerprint density at radius 3 is 2.20 bits per heavy atom. The number of nitro groups is 1. The van der Waals surface area contributed by atoms with E-state index in [4.69, 9.17) is 0 Å². The third-order valence-electron chi connectivity index (χ3n) is 3.34. The van der Waals surface area contributed by atoms with E-state index in [0.717, 1.165) is 24.8 Å². The zero-order chi connectivity index (χ0) is 10.7. The first-order chi connectivity index (χ1) is 7.26. The maximum atomic E-state index is 11.3. The molecule has 3 heteroatoms. The van der Waals surface area contributed by atoms with Gasteiger partial charge in [-0.2, -0.15) is 0 Å². The molecule has 0 N–H and O–H groups in total. The molecule has 1 aromatic carbocycles. The van der Waals surface area contributed by atoms with E-state index in [1.165, 1.54) is 0 Å². The van der Waals surface area contributed by atoms with Crippen LogP contribution in [0.1, 0.15) is 37.7 Å². The first kappa shape index (κ1) is 10.1. The van der Waals surface area contributed by atoms with Crippen LogP contribution in [-0.2, 0) is 5.54 Å². The molecule has 0 unspecified atom stereocenters. The Balaban J connectivity index is 2.38. The molecule has 0 amide bonds. The highest BCUT2D eigenvalue weighted by Gasteiger charge is 2.45. The lowest BCUT2D eigenvalue weighted by molar-refractivity contribution is -0.584. The second kappa shape index (κ2) is 4.01. The van der Waals surface area contributed by atoms with E-state index in [0.29, 0.717) is 12.8 Å². The van der Waals surface area contributed by atoms with E-state index in [2.05, 4.69) is 0 Å². The summed E-state index contributed by atoms with van der Waals surface area (Å²) in [6, 6.07) is 9.44. The van der Waals surface area contributed by atoms with E-state index in [1.807, 2.05) is 30.3 Å². The van der Waals surface area contributed by atoms with Gasteiger partial charge in [-0.05, 0) is 12.8 Å². The average molecular weight is 205 g/mol. The van der Waals surface area contributed by atoms with E-state index >= 15 is 0 Å². The Bertz CT molecular complexity index is 342. The van der Waals surface area contributed by atoms with Gasteiger partial charge < -0.3 is 0 Å². The fraction of sp³-hybridized carbons (Fsp3) is 0.500. The van der Waals surface area contributed by atoms with Gasteiger partial charge in [0.25, 0.3) is 0 Å². The number of benzene rings is 1. The predicted molar refractivity (Wildman–Crippen MR) is 58.2 cm³/mol. The zero-order valence-electron chi connectivity index (χ0n) is 8.69. The van der Waals surface area contributed by atoms with Gasteiger partial charge in [-0.3, -0.25) is 10.1 Å². The molecule has 80 valence electrons. The van der Waals surface area contributed by atoms with Crippen LogP contribution < -0.4 is 0 Å². The Morgan fingerprint density at radius 1 is 1.07 bits per heavy atom. The monoisotopic (exact) mass is 205 g/mol. The van der Waals surface area contributed by atoms with Gasteiger partial charge in [-0.25, -0.2) is 0 Å². The lowest BCUT2D eigenvalue weighted by Gasteiger charge is -2.29. The molecule has 15 heavy (non-hydrogen) atoms. The van der Waals surface area contributed by atoms with Crippen LogP contribution in [0.2, 0.25) is 0 Å². The average Bonchev–Trinajstić information content (AvgIpc) is 2.31. The van der Waals surface area contributed by atoms with Crippen LogP contribution in [0.4, 0.5) is 0 Å². The Morgan fingerprint density at radius 2 is 1.67 bits per heavy atom. The topological polar surface area (TPSA) is 43.1 Å². The van der Waals surface area contributed by atoms with Crippen LogP contribution in [-0.4, -0.2) is 4.92 Å². The lowest BCUT2D eigenvalue weighted by Crippen LogP contribution is -2.37. The van der Waals surface area contributed by atoms with Gasteiger partial charge in [-0.1, -0.05) is 36.8 Å². The zero-order valence-corrected chi connectivity index (χ0v) is 8.69. The second-order valence-electron chi connectivity index (χ2n) is 4.22. The maximum Gasteiger partial charge on any atom is 0.247 e. The van der Waals surface area contributed by atoms with Crippen molar-refractivity contribution in [2.24, 2.45) is 0 Å². The van der Waals surface area contributed by atoms with Crippen molar-refractivity contribution in [3.8, 4) is 0 Å². The molecule has 0 spiro atoms. The molecule has 1 aliphatic carbocycles. The highest BCUT2D eigenvalue weighted by molar-refractivity contribution is 5.22. The van der Waals surface area contributed by atoms with Crippen LogP contribution >= 0.6 is 0 Å². The molecule has 0 saturated heterocycles. The summed E-state index contributed by atoms with van der Waals surface area (Å²) in [5.41, 5.74) is 0.0641. The summed E-state index contributed by atoms with van der Waals surface area (Å²) in [7, 11) is 0. The standard InChI is InChI=1S/C12H15NO2/c14-13(15)12(9-5-2-6-10-12)11-7-3-1-4-8-11/h1,3-4,7-8H,2,5-6,9-10H2. The van der Waals surface area contributed by atoms with Crippen molar-refractivity contribution in [2.45, 2.75) is 37.6 Å². The maximum absolute atomic E-state index is 11.3. The molecule has 0 aromatic heterocycles. The molecule has 1 fully saturated rings. The summed E-state index contributed by atoms with van der Waals surface area (Å²) in [5.74, 6) is 0. The minimum atomic E-state index is -0.806. The molecule has 0 bridgehead atoms. The third-order valence-corrected chi connectivity index (χ3v) is 3.34. The van der Waals surface area contributed by atoms with Crippen molar-refractivity contribution in [1.82, 2.24) is 0 Å². The summed E-state index contributed by atoms with van der Waals surface area (Å²) in [6.45, 7) is 0.